The highest BCUT2D eigenvalue weighted by Gasteiger charge is 2.35. The average Bonchev–Trinajstić information content (AvgIpc) is 2.92. The molecule has 6 nitrogen and oxygen atoms in total. The Hall–Kier alpha value is -2.93. The summed E-state index contributed by atoms with van der Waals surface area (Å²) >= 11 is 1.28. The molecule has 0 saturated carbocycles. The predicted octanol–water partition coefficient (Wildman–Crippen LogP) is 4.92. The van der Waals surface area contributed by atoms with Gasteiger partial charge in [0.25, 0.3) is 11.6 Å². The second kappa shape index (κ2) is 7.75. The number of amidine groups is 1. The lowest BCUT2D eigenvalue weighted by Gasteiger charge is -2.19. The lowest BCUT2D eigenvalue weighted by Crippen LogP contribution is -2.35. The third-order valence-corrected chi connectivity index (χ3v) is 5.04. The first-order chi connectivity index (χ1) is 12.9. The molecule has 0 atom stereocenters. The van der Waals surface area contributed by atoms with Gasteiger partial charge >= 0.3 is 0 Å². The minimum atomic E-state index is -0.413. The number of amides is 1. The summed E-state index contributed by atoms with van der Waals surface area (Å²) in [7, 11) is 0. The number of nitrogens with zero attached hydrogens (tertiary/aromatic N) is 3. The second-order valence-electron chi connectivity index (χ2n) is 6.41. The van der Waals surface area contributed by atoms with E-state index in [0.717, 1.165) is 5.69 Å². The number of thioether (sulfide) groups is 1. The maximum Gasteiger partial charge on any atom is 0.272 e. The number of para-hydroxylation sites is 1. The van der Waals surface area contributed by atoms with Gasteiger partial charge < -0.3 is 0 Å². The van der Waals surface area contributed by atoms with Crippen molar-refractivity contribution >= 4 is 40.3 Å². The minimum Gasteiger partial charge on any atom is -0.284 e. The van der Waals surface area contributed by atoms with Crippen LogP contribution in [0.1, 0.15) is 25.0 Å². The van der Waals surface area contributed by atoms with E-state index < -0.39 is 4.92 Å². The number of nitro groups is 1. The highest BCUT2D eigenvalue weighted by molar-refractivity contribution is 8.18. The molecule has 1 aliphatic rings. The van der Waals surface area contributed by atoms with Crippen LogP contribution in [-0.2, 0) is 4.79 Å². The molecule has 0 bridgehead atoms. The minimum absolute atomic E-state index is 0.0405. The summed E-state index contributed by atoms with van der Waals surface area (Å²) in [5.41, 5.74) is 2.01. The molecule has 7 heteroatoms. The van der Waals surface area contributed by atoms with Crippen LogP contribution in [0.15, 0.2) is 58.4 Å². The van der Waals surface area contributed by atoms with E-state index in [-0.39, 0.29) is 17.6 Å². The lowest BCUT2D eigenvalue weighted by molar-refractivity contribution is -0.385. The van der Waals surface area contributed by atoms with Gasteiger partial charge in [-0.1, -0.05) is 30.3 Å². The van der Waals surface area contributed by atoms with Crippen LogP contribution in [0.25, 0.3) is 6.08 Å². The van der Waals surface area contributed by atoms with E-state index in [0.29, 0.717) is 21.2 Å². The van der Waals surface area contributed by atoms with E-state index in [2.05, 4.69) is 4.99 Å². The Morgan fingerprint density at radius 3 is 2.52 bits per heavy atom. The van der Waals surface area contributed by atoms with E-state index in [9.17, 15) is 14.9 Å². The molecule has 1 heterocycles. The third-order valence-electron chi connectivity index (χ3n) is 4.06. The van der Waals surface area contributed by atoms with Crippen molar-refractivity contribution in [1.29, 1.82) is 0 Å². The van der Waals surface area contributed by atoms with E-state index in [1.165, 1.54) is 17.8 Å². The van der Waals surface area contributed by atoms with Crippen molar-refractivity contribution in [2.75, 3.05) is 0 Å². The summed E-state index contributed by atoms with van der Waals surface area (Å²) in [5.74, 6) is -0.145. The van der Waals surface area contributed by atoms with Gasteiger partial charge in [0, 0.05) is 17.7 Å². The molecule has 0 N–H and O–H groups in total. The van der Waals surface area contributed by atoms with Gasteiger partial charge in [-0.15, -0.1) is 0 Å². The number of nitro benzene ring substituents is 1. The van der Waals surface area contributed by atoms with Crippen molar-refractivity contribution in [2.45, 2.75) is 26.8 Å². The smallest absolute Gasteiger partial charge is 0.272 e. The normalized spacial score (nSPS) is 17.3. The fourth-order valence-electron chi connectivity index (χ4n) is 2.70. The number of carbonyl (C=O) groups excluding carboxylic acids is 1. The summed E-state index contributed by atoms with van der Waals surface area (Å²) in [6.45, 7) is 5.55. The van der Waals surface area contributed by atoms with Crippen molar-refractivity contribution in [3.63, 3.8) is 0 Å². The SMILES string of the molecule is Cc1ccc(/C=C2/SC(=Nc3ccccc3)N(C(C)C)C2=O)cc1[N+](=O)[O-]. The van der Waals surface area contributed by atoms with Gasteiger partial charge in [0.2, 0.25) is 0 Å². The number of aliphatic imine (C=N–C) groups is 1. The zero-order chi connectivity index (χ0) is 19.6. The van der Waals surface area contributed by atoms with Crippen LogP contribution in [0.5, 0.6) is 0 Å². The first-order valence-electron chi connectivity index (χ1n) is 8.48. The second-order valence-corrected chi connectivity index (χ2v) is 7.42. The highest BCUT2D eigenvalue weighted by Crippen LogP contribution is 2.35. The number of hydrogen-bond acceptors (Lipinski definition) is 5. The van der Waals surface area contributed by atoms with Crippen molar-refractivity contribution in [3.05, 3.63) is 74.7 Å². The zero-order valence-corrected chi connectivity index (χ0v) is 16.1. The maximum atomic E-state index is 12.9. The lowest BCUT2D eigenvalue weighted by atomic mass is 10.1. The molecule has 0 unspecified atom stereocenters. The van der Waals surface area contributed by atoms with Gasteiger partial charge in [-0.05, 0) is 56.3 Å². The van der Waals surface area contributed by atoms with Gasteiger partial charge in [0.05, 0.1) is 15.5 Å². The van der Waals surface area contributed by atoms with Crippen LogP contribution in [0.4, 0.5) is 11.4 Å². The largest absolute Gasteiger partial charge is 0.284 e. The molecule has 0 spiro atoms. The number of benzene rings is 2. The molecule has 0 aliphatic carbocycles. The van der Waals surface area contributed by atoms with E-state index in [1.54, 1.807) is 30.0 Å². The van der Waals surface area contributed by atoms with Crippen molar-refractivity contribution in [3.8, 4) is 0 Å². The molecule has 27 heavy (non-hydrogen) atoms. The molecule has 1 amide bonds. The Bertz CT molecular complexity index is 952. The number of hydrogen-bond donors (Lipinski definition) is 0. The molecule has 3 rings (SSSR count). The Morgan fingerprint density at radius 1 is 1.19 bits per heavy atom. The predicted molar refractivity (Wildman–Crippen MR) is 109 cm³/mol. The topological polar surface area (TPSA) is 75.8 Å². The molecule has 2 aromatic carbocycles. The molecule has 0 aromatic heterocycles. The Balaban J connectivity index is 1.99. The molecule has 1 fully saturated rings. The fraction of sp³-hybridized carbons (Fsp3) is 0.200. The van der Waals surface area contributed by atoms with E-state index >= 15 is 0 Å². The summed E-state index contributed by atoms with van der Waals surface area (Å²) < 4.78 is 0. The van der Waals surface area contributed by atoms with Crippen LogP contribution in [0, 0.1) is 17.0 Å². The molecular weight excluding hydrogens is 362 g/mol. The van der Waals surface area contributed by atoms with Gasteiger partial charge in [-0.3, -0.25) is 19.8 Å². The van der Waals surface area contributed by atoms with Crippen molar-refractivity contribution in [2.24, 2.45) is 4.99 Å². The molecule has 2 aromatic rings. The van der Waals surface area contributed by atoms with Crippen LogP contribution in [-0.4, -0.2) is 26.9 Å². The Labute approximate surface area is 161 Å². The highest BCUT2D eigenvalue weighted by atomic mass is 32.2. The first kappa shape index (κ1) is 18.8. The van der Waals surface area contributed by atoms with Gasteiger partial charge in [-0.2, -0.15) is 0 Å². The van der Waals surface area contributed by atoms with Crippen LogP contribution in [0.3, 0.4) is 0 Å². The van der Waals surface area contributed by atoms with Gasteiger partial charge in [0.15, 0.2) is 5.17 Å². The summed E-state index contributed by atoms with van der Waals surface area (Å²) in [6.07, 6.45) is 1.68. The standard InChI is InChI=1S/C20H19N3O3S/c1-13(2)22-19(24)18(27-20(22)21-16-7-5-4-6-8-16)12-15-10-9-14(3)17(11-15)23(25)26/h4-13H,1-3H3/b18-12+,21-20?. The van der Waals surface area contributed by atoms with Crippen LogP contribution >= 0.6 is 11.8 Å². The van der Waals surface area contributed by atoms with Crippen LogP contribution in [0.2, 0.25) is 0 Å². The number of carbonyl (C=O) groups is 1. The van der Waals surface area contributed by atoms with Gasteiger partial charge in [0.1, 0.15) is 0 Å². The maximum absolute atomic E-state index is 12.9. The summed E-state index contributed by atoms with van der Waals surface area (Å²) in [6, 6.07) is 14.3. The average molecular weight is 381 g/mol. The summed E-state index contributed by atoms with van der Waals surface area (Å²) in [5, 5.41) is 11.8. The fourth-order valence-corrected chi connectivity index (χ4v) is 3.82. The number of aryl methyl sites for hydroxylation is 1. The zero-order valence-electron chi connectivity index (χ0n) is 15.2. The molecule has 138 valence electrons. The first-order valence-corrected chi connectivity index (χ1v) is 9.30. The van der Waals surface area contributed by atoms with Crippen LogP contribution < -0.4 is 0 Å². The van der Waals surface area contributed by atoms with Crippen molar-refractivity contribution in [1.82, 2.24) is 4.90 Å². The molecule has 1 aliphatic heterocycles. The molecule has 1 saturated heterocycles. The van der Waals surface area contributed by atoms with Crippen molar-refractivity contribution < 1.29 is 9.72 Å². The van der Waals surface area contributed by atoms with E-state index in [4.69, 9.17) is 0 Å². The monoisotopic (exact) mass is 381 g/mol. The Kier molecular flexibility index (Phi) is 5.41. The number of rotatable bonds is 4. The molecule has 0 radical (unpaired) electrons. The quantitative estimate of drug-likeness (QED) is 0.428. The van der Waals surface area contributed by atoms with E-state index in [1.807, 2.05) is 44.2 Å². The molecular formula is C20H19N3O3S. The summed E-state index contributed by atoms with van der Waals surface area (Å²) in [4.78, 5) is 30.3. The Morgan fingerprint density at radius 2 is 1.89 bits per heavy atom. The third kappa shape index (κ3) is 4.09. The van der Waals surface area contributed by atoms with Gasteiger partial charge in [-0.25, -0.2) is 4.99 Å².